The van der Waals surface area contributed by atoms with Crippen LogP contribution in [-0.2, 0) is 9.59 Å². The average Bonchev–Trinajstić information content (AvgIpc) is 2.59. The third kappa shape index (κ3) is 4.45. The average molecular weight is 370 g/mol. The number of rotatable bonds is 5. The van der Waals surface area contributed by atoms with Crippen LogP contribution in [0.5, 0.6) is 5.75 Å². The number of amides is 2. The zero-order valence-corrected chi connectivity index (χ0v) is 15.7. The van der Waals surface area contributed by atoms with Crippen LogP contribution in [0, 0.1) is 19.7 Å². The van der Waals surface area contributed by atoms with Crippen molar-refractivity contribution in [3.8, 4) is 5.75 Å². The molecular weight excluding hydrogens is 347 g/mol. The zero-order valence-electron chi connectivity index (χ0n) is 15.7. The van der Waals surface area contributed by atoms with Gasteiger partial charge in [0.15, 0.2) is 0 Å². The number of carbonyl (C=O) groups excluding carboxylic acids is 2. The second-order valence-electron chi connectivity index (χ2n) is 6.97. The van der Waals surface area contributed by atoms with Crippen LogP contribution in [0.4, 0.5) is 10.1 Å². The minimum Gasteiger partial charge on any atom is -0.492 e. The van der Waals surface area contributed by atoms with Crippen LogP contribution in [0.15, 0.2) is 36.4 Å². The number of carbonyl (C=O) groups is 2. The van der Waals surface area contributed by atoms with Crippen LogP contribution in [0.1, 0.15) is 29.0 Å². The van der Waals surface area contributed by atoms with E-state index in [0.717, 1.165) is 16.9 Å². The molecule has 0 aromatic heterocycles. The molecule has 0 fully saturated rings. The highest BCUT2D eigenvalue weighted by Crippen LogP contribution is 2.33. The smallest absolute Gasteiger partial charge is 0.230 e. The van der Waals surface area contributed by atoms with Gasteiger partial charge in [0, 0.05) is 19.2 Å². The van der Waals surface area contributed by atoms with Crippen molar-refractivity contribution in [1.29, 1.82) is 0 Å². The third-order valence-corrected chi connectivity index (χ3v) is 4.62. The van der Waals surface area contributed by atoms with E-state index in [1.165, 1.54) is 12.1 Å². The summed E-state index contributed by atoms with van der Waals surface area (Å²) in [6.07, 6.45) is 0.0553. The minimum absolute atomic E-state index is 0.0553. The molecule has 2 aromatic carbocycles. The molecule has 2 amide bonds. The van der Waals surface area contributed by atoms with Crippen molar-refractivity contribution in [2.24, 2.45) is 0 Å². The lowest BCUT2D eigenvalue weighted by Crippen LogP contribution is -2.38. The van der Waals surface area contributed by atoms with Gasteiger partial charge < -0.3 is 15.0 Å². The van der Waals surface area contributed by atoms with Crippen LogP contribution >= 0.6 is 0 Å². The van der Waals surface area contributed by atoms with E-state index in [1.807, 2.05) is 26.0 Å². The molecule has 0 spiro atoms. The SMILES string of the molecule is Cc1cc(C)cc(OCCN(C)C(=O)C2CC(=O)Nc3cc(F)ccc32)c1. The highest BCUT2D eigenvalue weighted by Gasteiger charge is 2.32. The first-order valence-corrected chi connectivity index (χ1v) is 8.89. The van der Waals surface area contributed by atoms with Gasteiger partial charge in [-0.1, -0.05) is 12.1 Å². The van der Waals surface area contributed by atoms with Crippen molar-refractivity contribution in [2.45, 2.75) is 26.2 Å². The van der Waals surface area contributed by atoms with Crippen LogP contribution in [-0.4, -0.2) is 36.9 Å². The number of nitrogens with one attached hydrogen (secondary N) is 1. The summed E-state index contributed by atoms with van der Waals surface area (Å²) < 4.78 is 19.2. The molecule has 1 unspecified atom stereocenters. The maximum atomic E-state index is 13.4. The molecule has 3 rings (SSSR count). The summed E-state index contributed by atoms with van der Waals surface area (Å²) in [6.45, 7) is 4.74. The van der Waals surface area contributed by atoms with Gasteiger partial charge in [-0.05, 0) is 54.8 Å². The van der Waals surface area contributed by atoms with Gasteiger partial charge in [-0.2, -0.15) is 0 Å². The third-order valence-electron chi connectivity index (χ3n) is 4.62. The van der Waals surface area contributed by atoms with Crippen LogP contribution in [0.25, 0.3) is 0 Å². The number of halogens is 1. The maximum absolute atomic E-state index is 13.4. The van der Waals surface area contributed by atoms with Crippen molar-refractivity contribution in [1.82, 2.24) is 4.90 Å². The zero-order chi connectivity index (χ0) is 19.6. The number of nitrogens with zero attached hydrogens (tertiary/aromatic N) is 1. The topological polar surface area (TPSA) is 58.6 Å². The fraction of sp³-hybridized carbons (Fsp3) is 0.333. The van der Waals surface area contributed by atoms with E-state index in [4.69, 9.17) is 4.74 Å². The predicted octanol–water partition coefficient (Wildman–Crippen LogP) is 3.41. The summed E-state index contributed by atoms with van der Waals surface area (Å²) in [7, 11) is 1.68. The van der Waals surface area contributed by atoms with Gasteiger partial charge in [0.1, 0.15) is 18.2 Å². The van der Waals surface area contributed by atoms with E-state index in [2.05, 4.69) is 11.4 Å². The Kier molecular flexibility index (Phi) is 5.44. The molecule has 0 saturated heterocycles. The molecule has 27 heavy (non-hydrogen) atoms. The summed E-state index contributed by atoms with van der Waals surface area (Å²) in [4.78, 5) is 26.3. The number of aryl methyl sites for hydroxylation is 2. The van der Waals surface area contributed by atoms with Gasteiger partial charge >= 0.3 is 0 Å². The van der Waals surface area contributed by atoms with E-state index in [0.29, 0.717) is 24.4 Å². The highest BCUT2D eigenvalue weighted by atomic mass is 19.1. The summed E-state index contributed by atoms with van der Waals surface area (Å²) in [6, 6.07) is 10.1. The monoisotopic (exact) mass is 370 g/mol. The number of ether oxygens (including phenoxy) is 1. The Labute approximate surface area is 158 Å². The maximum Gasteiger partial charge on any atom is 0.230 e. The molecule has 0 aliphatic carbocycles. The van der Waals surface area contributed by atoms with E-state index >= 15 is 0 Å². The van der Waals surface area contributed by atoms with E-state index in [9.17, 15) is 14.0 Å². The van der Waals surface area contributed by atoms with Crippen molar-refractivity contribution >= 4 is 17.5 Å². The number of anilines is 1. The molecule has 0 radical (unpaired) electrons. The second-order valence-corrected chi connectivity index (χ2v) is 6.97. The molecule has 142 valence electrons. The summed E-state index contributed by atoms with van der Waals surface area (Å²) in [5.74, 6) is -0.753. The molecular formula is C21H23FN2O3. The molecule has 1 atom stereocenters. The Balaban J connectivity index is 1.64. The number of benzene rings is 2. The quantitative estimate of drug-likeness (QED) is 0.878. The fourth-order valence-corrected chi connectivity index (χ4v) is 3.35. The van der Waals surface area contributed by atoms with Crippen molar-refractivity contribution in [2.75, 3.05) is 25.5 Å². The molecule has 1 heterocycles. The first-order chi connectivity index (χ1) is 12.8. The van der Waals surface area contributed by atoms with Gasteiger partial charge in [0.25, 0.3) is 0 Å². The number of hydrogen-bond acceptors (Lipinski definition) is 3. The lowest BCUT2D eigenvalue weighted by atomic mass is 9.89. The Bertz CT molecular complexity index is 861. The molecule has 1 aliphatic rings. The van der Waals surface area contributed by atoms with Crippen LogP contribution < -0.4 is 10.1 Å². The standard InChI is InChI=1S/C21H23FN2O3/c1-13-8-14(2)10-16(9-13)27-7-6-24(3)21(26)18-12-20(25)23-19-11-15(22)4-5-17(18)19/h4-5,8-11,18H,6-7,12H2,1-3H3,(H,23,25). The Morgan fingerprint density at radius 3 is 2.63 bits per heavy atom. The summed E-state index contributed by atoms with van der Waals surface area (Å²) >= 11 is 0. The van der Waals surface area contributed by atoms with Gasteiger partial charge in [-0.15, -0.1) is 0 Å². The molecule has 1 aliphatic heterocycles. The van der Waals surface area contributed by atoms with Crippen LogP contribution in [0.3, 0.4) is 0 Å². The van der Waals surface area contributed by atoms with E-state index in [-0.39, 0.29) is 18.2 Å². The Hall–Kier alpha value is -2.89. The Morgan fingerprint density at radius 1 is 1.22 bits per heavy atom. The Morgan fingerprint density at radius 2 is 1.93 bits per heavy atom. The van der Waals surface area contributed by atoms with Gasteiger partial charge in [-0.25, -0.2) is 4.39 Å². The van der Waals surface area contributed by atoms with Gasteiger partial charge in [-0.3, -0.25) is 9.59 Å². The fourth-order valence-electron chi connectivity index (χ4n) is 3.35. The summed E-state index contributed by atoms with van der Waals surface area (Å²) in [5.41, 5.74) is 3.24. The van der Waals surface area contributed by atoms with Gasteiger partial charge in [0.05, 0.1) is 12.5 Å². The lowest BCUT2D eigenvalue weighted by molar-refractivity contribution is -0.134. The summed E-state index contributed by atoms with van der Waals surface area (Å²) in [5, 5.41) is 2.63. The molecule has 6 heteroatoms. The normalized spacial score (nSPS) is 15.7. The number of fused-ring (bicyclic) bond motifs is 1. The van der Waals surface area contributed by atoms with Crippen molar-refractivity contribution in [3.05, 3.63) is 58.9 Å². The van der Waals surface area contributed by atoms with Crippen molar-refractivity contribution < 1.29 is 18.7 Å². The van der Waals surface area contributed by atoms with Gasteiger partial charge in [0.2, 0.25) is 11.8 Å². The first-order valence-electron chi connectivity index (χ1n) is 8.89. The first kappa shape index (κ1) is 18.9. The molecule has 0 bridgehead atoms. The second kappa shape index (κ2) is 7.78. The predicted molar refractivity (Wildman–Crippen MR) is 101 cm³/mol. The molecule has 0 saturated carbocycles. The highest BCUT2D eigenvalue weighted by molar-refractivity contribution is 6.01. The van der Waals surface area contributed by atoms with E-state index in [1.54, 1.807) is 18.0 Å². The van der Waals surface area contributed by atoms with Crippen molar-refractivity contribution in [3.63, 3.8) is 0 Å². The van der Waals surface area contributed by atoms with E-state index < -0.39 is 11.7 Å². The van der Waals surface area contributed by atoms with Crippen LogP contribution in [0.2, 0.25) is 0 Å². The molecule has 2 aromatic rings. The number of hydrogen-bond donors (Lipinski definition) is 1. The largest absolute Gasteiger partial charge is 0.492 e. The lowest BCUT2D eigenvalue weighted by Gasteiger charge is -2.28. The number of likely N-dealkylation sites (N-methyl/N-ethyl adjacent to an activating group) is 1. The molecule has 1 N–H and O–H groups in total. The molecule has 5 nitrogen and oxygen atoms in total. The minimum atomic E-state index is -0.611.